The molecule has 0 unspecified atom stereocenters. The summed E-state index contributed by atoms with van der Waals surface area (Å²) in [4.78, 5) is 11.0. The van der Waals surface area contributed by atoms with E-state index < -0.39 is 0 Å². The van der Waals surface area contributed by atoms with Crippen LogP contribution in [0, 0.1) is 6.92 Å². The van der Waals surface area contributed by atoms with Crippen molar-refractivity contribution in [3.05, 3.63) is 42.8 Å². The molecule has 0 saturated heterocycles. The van der Waals surface area contributed by atoms with E-state index in [1.165, 1.54) is 0 Å². The second-order valence-corrected chi connectivity index (χ2v) is 2.75. The molecule has 0 heterocycles. The van der Waals surface area contributed by atoms with Crippen molar-refractivity contribution >= 4 is 5.97 Å². The van der Waals surface area contributed by atoms with Crippen LogP contribution in [0.15, 0.2) is 30.3 Å². The maximum atomic E-state index is 11.0. The van der Waals surface area contributed by atoms with Crippen molar-refractivity contribution in [2.75, 3.05) is 0 Å². The lowest BCUT2D eigenvalue weighted by atomic mass is 10.2. The van der Waals surface area contributed by atoms with E-state index in [0.717, 1.165) is 5.56 Å². The monoisotopic (exact) mass is 177 g/mol. The Kier molecular flexibility index (Phi) is 4.03. The molecule has 0 atom stereocenters. The van der Waals surface area contributed by atoms with Gasteiger partial charge in [0.05, 0.1) is 0 Å². The molecular weight excluding hydrogens is 164 g/mol. The Morgan fingerprint density at radius 1 is 1.31 bits per heavy atom. The van der Waals surface area contributed by atoms with Crippen molar-refractivity contribution < 1.29 is 9.53 Å². The van der Waals surface area contributed by atoms with E-state index in [0.29, 0.717) is 19.4 Å². The second-order valence-electron chi connectivity index (χ2n) is 2.75. The van der Waals surface area contributed by atoms with Crippen LogP contribution in [-0.2, 0) is 16.1 Å². The highest BCUT2D eigenvalue weighted by molar-refractivity contribution is 5.69. The molecule has 0 aliphatic carbocycles. The van der Waals surface area contributed by atoms with Crippen molar-refractivity contribution in [1.82, 2.24) is 0 Å². The zero-order chi connectivity index (χ0) is 9.52. The maximum Gasteiger partial charge on any atom is 0.306 e. The van der Waals surface area contributed by atoms with Gasteiger partial charge in [-0.25, -0.2) is 0 Å². The van der Waals surface area contributed by atoms with Gasteiger partial charge in [0.15, 0.2) is 0 Å². The van der Waals surface area contributed by atoms with Gasteiger partial charge in [0.1, 0.15) is 6.61 Å². The van der Waals surface area contributed by atoms with Gasteiger partial charge in [0.2, 0.25) is 0 Å². The molecule has 0 saturated carbocycles. The molecule has 0 amide bonds. The van der Waals surface area contributed by atoms with Crippen LogP contribution in [0.1, 0.15) is 18.4 Å². The number of hydrogen-bond donors (Lipinski definition) is 0. The zero-order valence-electron chi connectivity index (χ0n) is 7.53. The SMILES string of the molecule is [CH2]CCC(=O)OCc1ccccc1. The largest absolute Gasteiger partial charge is 0.461 e. The summed E-state index contributed by atoms with van der Waals surface area (Å²) >= 11 is 0. The average Bonchev–Trinajstić information content (AvgIpc) is 2.17. The van der Waals surface area contributed by atoms with Crippen LogP contribution in [0.5, 0.6) is 0 Å². The van der Waals surface area contributed by atoms with Crippen molar-refractivity contribution in [3.8, 4) is 0 Å². The highest BCUT2D eigenvalue weighted by Crippen LogP contribution is 2.01. The first kappa shape index (κ1) is 9.78. The van der Waals surface area contributed by atoms with Crippen molar-refractivity contribution in [1.29, 1.82) is 0 Å². The Morgan fingerprint density at radius 2 is 2.00 bits per heavy atom. The second kappa shape index (κ2) is 5.36. The lowest BCUT2D eigenvalue weighted by molar-refractivity contribution is -0.144. The van der Waals surface area contributed by atoms with Crippen LogP contribution >= 0.6 is 0 Å². The number of hydrogen-bond acceptors (Lipinski definition) is 2. The van der Waals surface area contributed by atoms with E-state index in [-0.39, 0.29) is 5.97 Å². The molecule has 0 fully saturated rings. The molecule has 0 aromatic heterocycles. The third-order valence-corrected chi connectivity index (χ3v) is 1.62. The minimum absolute atomic E-state index is 0.182. The lowest BCUT2D eigenvalue weighted by Gasteiger charge is -2.02. The average molecular weight is 177 g/mol. The van der Waals surface area contributed by atoms with Crippen LogP contribution < -0.4 is 0 Å². The summed E-state index contributed by atoms with van der Waals surface area (Å²) in [5, 5.41) is 0. The van der Waals surface area contributed by atoms with Crippen LogP contribution in [0.4, 0.5) is 0 Å². The zero-order valence-corrected chi connectivity index (χ0v) is 7.53. The fraction of sp³-hybridized carbons (Fsp3) is 0.273. The highest BCUT2D eigenvalue weighted by atomic mass is 16.5. The fourth-order valence-electron chi connectivity index (χ4n) is 0.955. The molecule has 69 valence electrons. The van der Waals surface area contributed by atoms with Gasteiger partial charge in [-0.2, -0.15) is 0 Å². The highest BCUT2D eigenvalue weighted by Gasteiger charge is 2.00. The maximum absolute atomic E-state index is 11.0. The van der Waals surface area contributed by atoms with Crippen molar-refractivity contribution in [3.63, 3.8) is 0 Å². The number of esters is 1. The standard InChI is InChI=1S/C11H13O2/c1-2-6-11(12)13-9-10-7-4-3-5-8-10/h3-5,7-8H,1-2,6,9H2. The molecule has 1 aromatic carbocycles. The summed E-state index contributed by atoms with van der Waals surface area (Å²) in [5.41, 5.74) is 1.01. The quantitative estimate of drug-likeness (QED) is 0.660. The number of carbonyl (C=O) groups excluding carboxylic acids is 1. The van der Waals surface area contributed by atoms with Gasteiger partial charge >= 0.3 is 5.97 Å². The Labute approximate surface area is 78.5 Å². The summed E-state index contributed by atoms with van der Waals surface area (Å²) in [6.07, 6.45) is 0.987. The molecular formula is C11H13O2. The smallest absolute Gasteiger partial charge is 0.306 e. The first-order valence-corrected chi connectivity index (χ1v) is 4.31. The summed E-state index contributed by atoms with van der Waals surface area (Å²) in [7, 11) is 0. The lowest BCUT2D eigenvalue weighted by Crippen LogP contribution is -2.03. The molecule has 1 radical (unpaired) electrons. The van der Waals surface area contributed by atoms with Gasteiger partial charge < -0.3 is 4.74 Å². The van der Waals surface area contributed by atoms with Gasteiger partial charge in [-0.05, 0) is 12.0 Å². The third kappa shape index (κ3) is 3.74. The molecule has 0 spiro atoms. The minimum atomic E-state index is -0.182. The van der Waals surface area contributed by atoms with Crippen LogP contribution in [0.3, 0.4) is 0 Å². The van der Waals surface area contributed by atoms with E-state index >= 15 is 0 Å². The molecule has 1 aromatic rings. The topological polar surface area (TPSA) is 26.3 Å². The molecule has 1 rings (SSSR count). The van der Waals surface area contributed by atoms with Gasteiger partial charge in [-0.3, -0.25) is 4.79 Å². The van der Waals surface area contributed by atoms with Crippen LogP contribution in [0.2, 0.25) is 0 Å². The van der Waals surface area contributed by atoms with Gasteiger partial charge in [-0.15, -0.1) is 0 Å². The Bertz CT molecular complexity index is 254. The minimum Gasteiger partial charge on any atom is -0.461 e. The first-order valence-electron chi connectivity index (χ1n) is 4.31. The Morgan fingerprint density at radius 3 is 2.62 bits per heavy atom. The fourth-order valence-corrected chi connectivity index (χ4v) is 0.955. The van der Waals surface area contributed by atoms with Crippen LogP contribution in [-0.4, -0.2) is 5.97 Å². The number of ether oxygens (including phenoxy) is 1. The summed E-state index contributed by atoms with van der Waals surface area (Å²) in [6.45, 7) is 3.94. The van der Waals surface area contributed by atoms with Gasteiger partial charge in [0, 0.05) is 6.42 Å². The predicted molar refractivity (Wildman–Crippen MR) is 50.8 cm³/mol. The number of benzene rings is 1. The van der Waals surface area contributed by atoms with Crippen molar-refractivity contribution in [2.45, 2.75) is 19.4 Å². The van der Waals surface area contributed by atoms with E-state index in [1.54, 1.807) is 0 Å². The molecule has 0 aliphatic rings. The van der Waals surface area contributed by atoms with Gasteiger partial charge in [-0.1, -0.05) is 37.3 Å². The first-order chi connectivity index (χ1) is 6.33. The van der Waals surface area contributed by atoms with E-state index in [1.807, 2.05) is 30.3 Å². The van der Waals surface area contributed by atoms with Crippen molar-refractivity contribution in [2.24, 2.45) is 0 Å². The predicted octanol–water partition coefficient (Wildman–Crippen LogP) is 2.34. The van der Waals surface area contributed by atoms with E-state index in [4.69, 9.17) is 4.74 Å². The summed E-state index contributed by atoms with van der Waals surface area (Å²) in [6, 6.07) is 9.63. The van der Waals surface area contributed by atoms with E-state index in [9.17, 15) is 4.79 Å². The number of carbonyl (C=O) groups is 1. The Balaban J connectivity index is 2.31. The normalized spacial score (nSPS) is 9.62. The molecule has 0 N–H and O–H groups in total. The summed E-state index contributed by atoms with van der Waals surface area (Å²) < 4.78 is 4.99. The molecule has 0 bridgehead atoms. The summed E-state index contributed by atoms with van der Waals surface area (Å²) in [5.74, 6) is -0.182. The molecule has 0 aliphatic heterocycles. The third-order valence-electron chi connectivity index (χ3n) is 1.62. The molecule has 13 heavy (non-hydrogen) atoms. The molecule has 2 nitrogen and oxygen atoms in total. The number of rotatable bonds is 4. The van der Waals surface area contributed by atoms with E-state index in [2.05, 4.69) is 6.92 Å². The van der Waals surface area contributed by atoms with Gasteiger partial charge in [0.25, 0.3) is 0 Å². The Hall–Kier alpha value is -1.31. The molecule has 2 heteroatoms. The van der Waals surface area contributed by atoms with Crippen LogP contribution in [0.25, 0.3) is 0 Å².